The van der Waals surface area contributed by atoms with Gasteiger partial charge in [0, 0.05) is 22.9 Å². The van der Waals surface area contributed by atoms with Crippen molar-refractivity contribution in [3.8, 4) is 17.0 Å². The van der Waals surface area contributed by atoms with Crippen LogP contribution in [0.4, 0.5) is 0 Å². The van der Waals surface area contributed by atoms with Crippen molar-refractivity contribution >= 4 is 11.7 Å². The minimum atomic E-state index is -0.331. The minimum Gasteiger partial charge on any atom is -0.472 e. The van der Waals surface area contributed by atoms with E-state index in [-0.39, 0.29) is 5.97 Å². The van der Waals surface area contributed by atoms with Crippen LogP contribution >= 0.6 is 0 Å². The van der Waals surface area contributed by atoms with Crippen LogP contribution in [0.15, 0.2) is 66.9 Å². The molecule has 4 heteroatoms. The van der Waals surface area contributed by atoms with Gasteiger partial charge in [-0.15, -0.1) is 0 Å². The Labute approximate surface area is 164 Å². The van der Waals surface area contributed by atoms with Gasteiger partial charge in [0.15, 0.2) is 0 Å². The highest BCUT2D eigenvalue weighted by Gasteiger charge is 2.31. The van der Waals surface area contributed by atoms with Crippen molar-refractivity contribution in [1.29, 1.82) is 0 Å². The van der Waals surface area contributed by atoms with E-state index < -0.39 is 0 Å². The zero-order valence-electron chi connectivity index (χ0n) is 15.9. The standard InChI is InChI=1S/C24H21NO3/c1-3-8-21-20-14-16(2)13-19(22(20)24(26)28-21)18-11-7-12-25-23(18)27-15-17-9-5-4-6-10-17/h4-14H,3,15H2,1-2H3. The third-order valence-corrected chi connectivity index (χ3v) is 4.62. The monoisotopic (exact) mass is 371 g/mol. The molecule has 2 aromatic carbocycles. The number of cyclic esters (lactones) is 1. The number of benzene rings is 2. The van der Waals surface area contributed by atoms with Gasteiger partial charge in [0.25, 0.3) is 0 Å². The second-order valence-corrected chi connectivity index (χ2v) is 6.73. The summed E-state index contributed by atoms with van der Waals surface area (Å²) in [6.07, 6.45) is 4.42. The van der Waals surface area contributed by atoms with Gasteiger partial charge in [0.2, 0.25) is 5.88 Å². The number of ether oxygens (including phenoxy) is 2. The molecule has 3 aromatic rings. The molecule has 140 valence electrons. The fourth-order valence-electron chi connectivity index (χ4n) is 3.39. The van der Waals surface area contributed by atoms with Gasteiger partial charge in [-0.1, -0.05) is 43.3 Å². The lowest BCUT2D eigenvalue weighted by molar-refractivity contribution is 0.0716. The number of allylic oxidation sites excluding steroid dienone is 1. The largest absolute Gasteiger partial charge is 0.472 e. The molecule has 0 saturated carbocycles. The first-order valence-electron chi connectivity index (χ1n) is 9.37. The normalized spacial score (nSPS) is 14.1. The van der Waals surface area contributed by atoms with E-state index in [0.29, 0.717) is 23.8 Å². The van der Waals surface area contributed by atoms with Gasteiger partial charge in [-0.3, -0.25) is 0 Å². The molecule has 0 N–H and O–H groups in total. The first kappa shape index (κ1) is 18.0. The van der Waals surface area contributed by atoms with Crippen molar-refractivity contribution in [2.75, 3.05) is 0 Å². The number of nitrogens with zero attached hydrogens (tertiary/aromatic N) is 1. The molecular formula is C24H21NO3. The van der Waals surface area contributed by atoms with E-state index in [1.54, 1.807) is 6.20 Å². The number of aromatic nitrogens is 1. The Morgan fingerprint density at radius 1 is 1.04 bits per heavy atom. The highest BCUT2D eigenvalue weighted by atomic mass is 16.5. The summed E-state index contributed by atoms with van der Waals surface area (Å²) in [4.78, 5) is 17.0. The molecule has 1 aliphatic rings. The molecule has 0 fully saturated rings. The van der Waals surface area contributed by atoms with Gasteiger partial charge in [-0.25, -0.2) is 9.78 Å². The van der Waals surface area contributed by atoms with Crippen molar-refractivity contribution in [2.24, 2.45) is 0 Å². The van der Waals surface area contributed by atoms with Crippen LogP contribution in [0.25, 0.3) is 16.9 Å². The first-order valence-corrected chi connectivity index (χ1v) is 9.37. The third kappa shape index (κ3) is 3.41. The van der Waals surface area contributed by atoms with E-state index >= 15 is 0 Å². The summed E-state index contributed by atoms with van der Waals surface area (Å²) >= 11 is 0. The lowest BCUT2D eigenvalue weighted by Gasteiger charge is -2.13. The van der Waals surface area contributed by atoms with E-state index in [2.05, 4.69) is 4.98 Å². The average Bonchev–Trinajstić information content (AvgIpc) is 3.02. The molecule has 0 spiro atoms. The van der Waals surface area contributed by atoms with E-state index in [0.717, 1.165) is 34.2 Å². The maximum atomic E-state index is 12.6. The van der Waals surface area contributed by atoms with Crippen molar-refractivity contribution in [1.82, 2.24) is 4.98 Å². The van der Waals surface area contributed by atoms with Crippen molar-refractivity contribution in [2.45, 2.75) is 26.9 Å². The molecular weight excluding hydrogens is 350 g/mol. The van der Waals surface area contributed by atoms with Crippen molar-refractivity contribution in [3.63, 3.8) is 0 Å². The summed E-state index contributed by atoms with van der Waals surface area (Å²) in [5.74, 6) is 0.797. The molecule has 0 bridgehead atoms. The third-order valence-electron chi connectivity index (χ3n) is 4.62. The summed E-state index contributed by atoms with van der Waals surface area (Å²) < 4.78 is 11.5. The predicted molar refractivity (Wildman–Crippen MR) is 109 cm³/mol. The molecule has 1 aliphatic heterocycles. The van der Waals surface area contributed by atoms with Gasteiger partial charge >= 0.3 is 5.97 Å². The van der Waals surface area contributed by atoms with Crippen LogP contribution < -0.4 is 4.74 Å². The number of aryl methyl sites for hydroxylation is 1. The van der Waals surface area contributed by atoms with Crippen LogP contribution in [0.2, 0.25) is 0 Å². The fourth-order valence-corrected chi connectivity index (χ4v) is 3.39. The number of fused-ring (bicyclic) bond motifs is 1. The van der Waals surface area contributed by atoms with Crippen LogP contribution in [-0.4, -0.2) is 11.0 Å². The predicted octanol–water partition coefficient (Wildman–Crippen LogP) is 5.56. The molecule has 0 atom stereocenters. The Morgan fingerprint density at radius 2 is 1.82 bits per heavy atom. The van der Waals surface area contributed by atoms with E-state index in [1.165, 1.54) is 0 Å². The van der Waals surface area contributed by atoms with Gasteiger partial charge in [-0.05, 0) is 48.7 Å². The fraction of sp³-hybridized carbons (Fsp3) is 0.167. The number of hydrogen-bond donors (Lipinski definition) is 0. The van der Waals surface area contributed by atoms with Crippen LogP contribution in [-0.2, 0) is 11.3 Å². The summed E-state index contributed by atoms with van der Waals surface area (Å²) in [7, 11) is 0. The summed E-state index contributed by atoms with van der Waals surface area (Å²) in [6.45, 7) is 4.44. The quantitative estimate of drug-likeness (QED) is 0.551. The summed E-state index contributed by atoms with van der Waals surface area (Å²) in [6, 6.07) is 17.7. The maximum absolute atomic E-state index is 12.6. The SMILES string of the molecule is CCC=C1OC(=O)c2c1cc(C)cc2-c1cccnc1OCc1ccccc1. The van der Waals surface area contributed by atoms with Crippen LogP contribution in [0.3, 0.4) is 0 Å². The average molecular weight is 371 g/mol. The molecule has 0 unspecified atom stereocenters. The maximum Gasteiger partial charge on any atom is 0.344 e. The van der Waals surface area contributed by atoms with E-state index in [1.807, 2.05) is 74.5 Å². The lowest BCUT2D eigenvalue weighted by atomic mass is 9.94. The number of rotatable bonds is 5. The van der Waals surface area contributed by atoms with Gasteiger partial charge in [0.05, 0.1) is 5.56 Å². The molecule has 28 heavy (non-hydrogen) atoms. The topological polar surface area (TPSA) is 48.4 Å². The molecule has 0 amide bonds. The molecule has 4 rings (SSSR count). The summed E-state index contributed by atoms with van der Waals surface area (Å²) in [5.41, 5.74) is 5.08. The van der Waals surface area contributed by atoms with Crippen LogP contribution in [0.5, 0.6) is 5.88 Å². The molecule has 4 nitrogen and oxygen atoms in total. The number of carbonyl (C=O) groups is 1. The van der Waals surface area contributed by atoms with Gasteiger partial charge in [-0.2, -0.15) is 0 Å². The number of pyridine rings is 1. The lowest BCUT2D eigenvalue weighted by Crippen LogP contribution is -2.02. The molecule has 0 saturated heterocycles. The Kier molecular flexibility index (Phi) is 4.94. The second kappa shape index (κ2) is 7.69. The molecule has 1 aromatic heterocycles. The highest BCUT2D eigenvalue weighted by molar-refractivity contribution is 6.08. The highest BCUT2D eigenvalue weighted by Crippen LogP contribution is 2.40. The Bertz CT molecular complexity index is 1050. The Morgan fingerprint density at radius 3 is 2.61 bits per heavy atom. The number of esters is 1. The molecule has 2 heterocycles. The molecule has 0 aliphatic carbocycles. The second-order valence-electron chi connectivity index (χ2n) is 6.73. The van der Waals surface area contributed by atoms with Gasteiger partial charge < -0.3 is 9.47 Å². The number of carbonyl (C=O) groups excluding carboxylic acids is 1. The minimum absolute atomic E-state index is 0.331. The van der Waals surface area contributed by atoms with Gasteiger partial charge in [0.1, 0.15) is 12.4 Å². The number of hydrogen-bond acceptors (Lipinski definition) is 4. The van der Waals surface area contributed by atoms with Crippen LogP contribution in [0.1, 0.15) is 40.4 Å². The first-order chi connectivity index (χ1) is 13.7. The zero-order chi connectivity index (χ0) is 19.5. The van der Waals surface area contributed by atoms with Crippen molar-refractivity contribution in [3.05, 3.63) is 89.1 Å². The van der Waals surface area contributed by atoms with Crippen molar-refractivity contribution < 1.29 is 14.3 Å². The Balaban J connectivity index is 1.78. The van der Waals surface area contributed by atoms with E-state index in [9.17, 15) is 4.79 Å². The smallest absolute Gasteiger partial charge is 0.344 e. The summed E-state index contributed by atoms with van der Waals surface area (Å²) in [5, 5.41) is 0. The zero-order valence-corrected chi connectivity index (χ0v) is 15.9. The molecule has 0 radical (unpaired) electrons. The Hall–Kier alpha value is -3.40. The van der Waals surface area contributed by atoms with E-state index in [4.69, 9.17) is 9.47 Å². The van der Waals surface area contributed by atoms with Crippen LogP contribution in [0, 0.1) is 6.92 Å².